The van der Waals surface area contributed by atoms with Crippen molar-refractivity contribution < 1.29 is 9.47 Å². The monoisotopic (exact) mass is 226 g/mol. The number of hydrogen-bond donors (Lipinski definition) is 0. The van der Waals surface area contributed by atoms with E-state index < -0.39 is 0 Å². The molecule has 0 aliphatic heterocycles. The molecule has 0 N–H and O–H groups in total. The van der Waals surface area contributed by atoms with E-state index in [0.29, 0.717) is 0 Å². The Kier molecular flexibility index (Phi) is 5.49. The van der Waals surface area contributed by atoms with E-state index in [2.05, 4.69) is 23.1 Å². The van der Waals surface area contributed by atoms with Crippen LogP contribution in [0.1, 0.15) is 26.7 Å². The first-order valence-corrected chi connectivity index (χ1v) is 6.01. The second-order valence-electron chi connectivity index (χ2n) is 3.36. The normalized spacial score (nSPS) is 10.1. The Morgan fingerprint density at radius 2 is 1.47 bits per heavy atom. The molecule has 1 rings (SSSR count). The third-order valence-corrected chi connectivity index (χ3v) is 2.52. The lowest BCUT2D eigenvalue weighted by molar-refractivity contribution is 0.306. The van der Waals surface area contributed by atoms with Gasteiger partial charge in [-0.3, -0.25) is 0 Å². The Morgan fingerprint density at radius 3 is 1.87 bits per heavy atom. The Bertz CT molecular complexity index is 273. The molecule has 0 bridgehead atoms. The van der Waals surface area contributed by atoms with Crippen LogP contribution in [0.5, 0.6) is 11.5 Å². The van der Waals surface area contributed by atoms with Crippen molar-refractivity contribution in [1.29, 1.82) is 0 Å². The number of rotatable bonds is 6. The zero-order valence-electron chi connectivity index (χ0n) is 9.45. The first-order chi connectivity index (χ1) is 7.29. The highest BCUT2D eigenvalue weighted by Crippen LogP contribution is 2.20. The van der Waals surface area contributed by atoms with Gasteiger partial charge < -0.3 is 9.47 Å². The smallest absolute Gasteiger partial charge is 0.130 e. The quantitative estimate of drug-likeness (QED) is 0.694. The highest BCUT2D eigenvalue weighted by atomic mass is 31.0. The summed E-state index contributed by atoms with van der Waals surface area (Å²) in [7, 11) is 2.68. The van der Waals surface area contributed by atoms with Crippen LogP contribution in [0.3, 0.4) is 0 Å². The van der Waals surface area contributed by atoms with Crippen LogP contribution in [0.4, 0.5) is 0 Å². The SMILES string of the molecule is CCCOc1cccc(OCCC)c1P. The maximum absolute atomic E-state index is 5.61. The van der Waals surface area contributed by atoms with Crippen LogP contribution in [0.25, 0.3) is 0 Å². The second kappa shape index (κ2) is 6.68. The van der Waals surface area contributed by atoms with Gasteiger partial charge in [0.2, 0.25) is 0 Å². The molecule has 0 aromatic heterocycles. The Labute approximate surface area is 94.2 Å². The van der Waals surface area contributed by atoms with Crippen molar-refractivity contribution >= 4 is 14.5 Å². The Hall–Kier alpha value is -0.750. The van der Waals surface area contributed by atoms with Gasteiger partial charge in [0, 0.05) is 0 Å². The molecule has 0 aliphatic rings. The highest BCUT2D eigenvalue weighted by molar-refractivity contribution is 7.28. The summed E-state index contributed by atoms with van der Waals surface area (Å²) < 4.78 is 11.2. The van der Waals surface area contributed by atoms with Crippen LogP contribution >= 0.6 is 9.24 Å². The van der Waals surface area contributed by atoms with Crippen LogP contribution in [0.15, 0.2) is 18.2 Å². The molecule has 1 aromatic rings. The molecule has 1 unspecified atom stereocenters. The van der Waals surface area contributed by atoms with Crippen molar-refractivity contribution in [3.63, 3.8) is 0 Å². The van der Waals surface area contributed by atoms with E-state index in [0.717, 1.165) is 42.9 Å². The first kappa shape index (κ1) is 12.3. The summed E-state index contributed by atoms with van der Waals surface area (Å²) in [5.41, 5.74) is 0. The molecular weight excluding hydrogens is 207 g/mol. The average molecular weight is 226 g/mol. The molecule has 1 aromatic carbocycles. The zero-order valence-corrected chi connectivity index (χ0v) is 10.6. The van der Waals surface area contributed by atoms with Crippen molar-refractivity contribution in [3.05, 3.63) is 18.2 Å². The van der Waals surface area contributed by atoms with Gasteiger partial charge in [-0.15, -0.1) is 0 Å². The van der Waals surface area contributed by atoms with Crippen LogP contribution in [0.2, 0.25) is 0 Å². The highest BCUT2D eigenvalue weighted by Gasteiger charge is 2.05. The fourth-order valence-electron chi connectivity index (χ4n) is 1.20. The topological polar surface area (TPSA) is 18.5 Å². The molecule has 0 fully saturated rings. The van der Waals surface area contributed by atoms with Gasteiger partial charge in [-0.2, -0.15) is 0 Å². The van der Waals surface area contributed by atoms with Crippen molar-refractivity contribution in [2.45, 2.75) is 26.7 Å². The predicted molar refractivity (Wildman–Crippen MR) is 67.4 cm³/mol. The van der Waals surface area contributed by atoms with Gasteiger partial charge in [-0.05, 0) is 25.0 Å². The molecule has 0 amide bonds. The lowest BCUT2D eigenvalue weighted by Crippen LogP contribution is -2.08. The third kappa shape index (κ3) is 3.71. The summed E-state index contributed by atoms with van der Waals surface area (Å²) >= 11 is 0. The van der Waals surface area contributed by atoms with E-state index in [4.69, 9.17) is 9.47 Å². The fourth-order valence-corrected chi connectivity index (χ4v) is 1.56. The van der Waals surface area contributed by atoms with E-state index in [-0.39, 0.29) is 0 Å². The van der Waals surface area contributed by atoms with Crippen LogP contribution in [-0.2, 0) is 0 Å². The molecule has 2 nitrogen and oxygen atoms in total. The van der Waals surface area contributed by atoms with Crippen molar-refractivity contribution in [2.24, 2.45) is 0 Å². The van der Waals surface area contributed by atoms with Crippen LogP contribution < -0.4 is 14.8 Å². The first-order valence-electron chi connectivity index (χ1n) is 5.43. The summed E-state index contributed by atoms with van der Waals surface area (Å²) in [6, 6.07) is 5.90. The number of hydrogen-bond acceptors (Lipinski definition) is 2. The Balaban J connectivity index is 2.71. The van der Waals surface area contributed by atoms with E-state index in [1.165, 1.54) is 0 Å². The van der Waals surface area contributed by atoms with E-state index >= 15 is 0 Å². The zero-order chi connectivity index (χ0) is 11.1. The van der Waals surface area contributed by atoms with Crippen molar-refractivity contribution in [1.82, 2.24) is 0 Å². The van der Waals surface area contributed by atoms with Gasteiger partial charge in [0.25, 0.3) is 0 Å². The van der Waals surface area contributed by atoms with Gasteiger partial charge >= 0.3 is 0 Å². The molecular formula is C12H19O2P. The van der Waals surface area contributed by atoms with Crippen LogP contribution in [-0.4, -0.2) is 13.2 Å². The molecule has 0 heterocycles. The van der Waals surface area contributed by atoms with E-state index in [1.54, 1.807) is 0 Å². The summed E-state index contributed by atoms with van der Waals surface area (Å²) in [5.74, 6) is 1.80. The predicted octanol–water partition coefficient (Wildman–Crippen LogP) is 2.76. The minimum atomic E-state index is 0.749. The summed E-state index contributed by atoms with van der Waals surface area (Å²) in [6.45, 7) is 5.69. The molecule has 84 valence electrons. The fraction of sp³-hybridized carbons (Fsp3) is 0.500. The van der Waals surface area contributed by atoms with Crippen LogP contribution in [0, 0.1) is 0 Å². The molecule has 0 saturated heterocycles. The van der Waals surface area contributed by atoms with Gasteiger partial charge in [0.1, 0.15) is 11.5 Å². The summed E-state index contributed by atoms with van der Waals surface area (Å²) in [5, 5.41) is 1.01. The number of benzene rings is 1. The van der Waals surface area contributed by atoms with Gasteiger partial charge in [0.05, 0.1) is 18.5 Å². The van der Waals surface area contributed by atoms with Crippen molar-refractivity contribution in [2.75, 3.05) is 13.2 Å². The maximum atomic E-state index is 5.61. The molecule has 3 heteroatoms. The Morgan fingerprint density at radius 1 is 1.00 bits per heavy atom. The lowest BCUT2D eigenvalue weighted by Gasteiger charge is -2.12. The molecule has 15 heavy (non-hydrogen) atoms. The average Bonchev–Trinajstić information content (AvgIpc) is 2.26. The molecule has 0 radical (unpaired) electrons. The maximum Gasteiger partial charge on any atom is 0.130 e. The lowest BCUT2D eigenvalue weighted by atomic mass is 10.3. The van der Waals surface area contributed by atoms with Gasteiger partial charge in [0.15, 0.2) is 0 Å². The van der Waals surface area contributed by atoms with E-state index in [1.807, 2.05) is 18.2 Å². The molecule has 0 saturated carbocycles. The second-order valence-corrected chi connectivity index (χ2v) is 3.94. The minimum absolute atomic E-state index is 0.749. The van der Waals surface area contributed by atoms with Gasteiger partial charge in [-0.25, -0.2) is 0 Å². The summed E-state index contributed by atoms with van der Waals surface area (Å²) in [6.07, 6.45) is 2.04. The largest absolute Gasteiger partial charge is 0.493 e. The minimum Gasteiger partial charge on any atom is -0.493 e. The van der Waals surface area contributed by atoms with Crippen molar-refractivity contribution in [3.8, 4) is 11.5 Å². The molecule has 0 aliphatic carbocycles. The summed E-state index contributed by atoms with van der Waals surface area (Å²) in [4.78, 5) is 0. The standard InChI is InChI=1S/C12H19O2P/c1-3-8-13-10-6-5-7-11(12(10)15)14-9-4-2/h5-7H,3-4,8-9,15H2,1-2H3. The van der Waals surface area contributed by atoms with Gasteiger partial charge in [-0.1, -0.05) is 29.2 Å². The third-order valence-electron chi connectivity index (χ3n) is 1.95. The molecule has 0 spiro atoms. The number of ether oxygens (including phenoxy) is 2. The molecule has 1 atom stereocenters. The van der Waals surface area contributed by atoms with E-state index in [9.17, 15) is 0 Å².